The van der Waals surface area contributed by atoms with E-state index in [1.807, 2.05) is 26.8 Å². The van der Waals surface area contributed by atoms with Gasteiger partial charge in [0.1, 0.15) is 22.3 Å². The van der Waals surface area contributed by atoms with Gasteiger partial charge in [-0.1, -0.05) is 19.9 Å². The number of carbonyl (C=O) groups excluding carboxylic acids is 1. The molecule has 4 nitrogen and oxygen atoms in total. The van der Waals surface area contributed by atoms with E-state index in [0.29, 0.717) is 18.4 Å². The van der Waals surface area contributed by atoms with Crippen molar-refractivity contribution in [3.05, 3.63) is 23.8 Å². The molecule has 0 radical (unpaired) electrons. The molecule has 28 heavy (non-hydrogen) atoms. The topological polar surface area (TPSA) is 70.1 Å². The van der Waals surface area contributed by atoms with Crippen LogP contribution in [0.25, 0.3) is 0 Å². The quantitative estimate of drug-likeness (QED) is 0.354. The van der Waals surface area contributed by atoms with Crippen LogP contribution in [0, 0.1) is 28.6 Å². The number of ketones is 1. The Morgan fingerprint density at radius 2 is 2.00 bits per heavy atom. The Hall–Kier alpha value is -0.690. The lowest BCUT2D eigenvalue weighted by Gasteiger charge is -2.58. The maximum atomic E-state index is 15.4. The Labute approximate surface area is 170 Å². The van der Waals surface area contributed by atoms with Gasteiger partial charge in [-0.25, -0.2) is 4.39 Å². The third kappa shape index (κ3) is 1.83. The van der Waals surface area contributed by atoms with Gasteiger partial charge < -0.3 is 14.9 Å². The fourth-order valence-electron chi connectivity index (χ4n) is 7.98. The first-order chi connectivity index (χ1) is 12.8. The summed E-state index contributed by atoms with van der Waals surface area (Å²) in [6.45, 7) is 7.50. The van der Waals surface area contributed by atoms with Crippen LogP contribution >= 0.6 is 12.6 Å². The minimum absolute atomic E-state index is 0.00697. The number of halogens is 1. The zero-order valence-corrected chi connectivity index (χ0v) is 17.7. The number of allylic oxidation sites excluding steroid dienone is 2. The van der Waals surface area contributed by atoms with Gasteiger partial charge in [-0.3, -0.25) is 4.79 Å². The molecule has 1 saturated heterocycles. The highest BCUT2D eigenvalue weighted by Gasteiger charge is 2.83. The Kier molecular flexibility index (Phi) is 3.53. The van der Waals surface area contributed by atoms with Crippen molar-refractivity contribution in [2.75, 3.05) is 0 Å². The lowest BCUT2D eigenvalue weighted by molar-refractivity contribution is -0.189. The number of rotatable bonds is 1. The van der Waals surface area contributed by atoms with Crippen LogP contribution in [0.2, 0.25) is 0 Å². The summed E-state index contributed by atoms with van der Waals surface area (Å²) in [7, 11) is 0. The molecule has 1 heterocycles. The van der Waals surface area contributed by atoms with Gasteiger partial charge in [-0.15, -0.1) is 12.6 Å². The molecule has 0 aromatic heterocycles. The Morgan fingerprint density at radius 1 is 1.32 bits per heavy atom. The summed E-state index contributed by atoms with van der Waals surface area (Å²) in [4.78, 5) is 10.3. The molecule has 154 valence electrons. The Morgan fingerprint density at radius 3 is 2.64 bits per heavy atom. The number of carbonyl (C=O) groups is 1. The van der Waals surface area contributed by atoms with E-state index in [1.54, 1.807) is 6.92 Å². The lowest BCUT2D eigenvalue weighted by Crippen LogP contribution is -2.65. The first kappa shape index (κ1) is 19.3. The van der Waals surface area contributed by atoms with E-state index in [9.17, 15) is 15.0 Å². The van der Waals surface area contributed by atoms with Crippen LogP contribution in [0.4, 0.5) is 4.39 Å². The highest BCUT2D eigenvalue weighted by Crippen LogP contribution is 2.77. The fraction of sp³-hybridized carbons (Fsp3) is 0.773. The Bertz CT molecular complexity index is 833. The van der Waals surface area contributed by atoms with E-state index in [2.05, 4.69) is 12.6 Å². The van der Waals surface area contributed by atoms with E-state index in [1.165, 1.54) is 12.2 Å². The molecule has 0 bridgehead atoms. The van der Waals surface area contributed by atoms with Crippen molar-refractivity contribution in [3.8, 4) is 0 Å². The van der Waals surface area contributed by atoms with Crippen molar-refractivity contribution < 1.29 is 24.1 Å². The number of hydrogen-bond donors (Lipinski definition) is 3. The number of thiol groups is 1. The molecule has 2 N–H and O–H groups in total. The summed E-state index contributed by atoms with van der Waals surface area (Å²) in [5, 5.41) is 22.5. The van der Waals surface area contributed by atoms with Crippen LogP contribution in [-0.2, 0) is 9.53 Å². The van der Waals surface area contributed by atoms with Crippen molar-refractivity contribution >= 4 is 18.4 Å². The first-order valence-corrected chi connectivity index (χ1v) is 10.7. The molecule has 4 aliphatic carbocycles. The van der Waals surface area contributed by atoms with Crippen molar-refractivity contribution in [1.29, 1.82) is 0 Å². The zero-order chi connectivity index (χ0) is 20.5. The molecular weight excluding hydrogens is 379 g/mol. The summed E-state index contributed by atoms with van der Waals surface area (Å²) in [5.74, 6) is -0.417. The summed E-state index contributed by atoms with van der Waals surface area (Å²) >= 11 is 4.38. The van der Waals surface area contributed by atoms with Crippen LogP contribution in [0.5, 0.6) is 0 Å². The third-order valence-electron chi connectivity index (χ3n) is 9.22. The minimum atomic E-state index is -1.57. The largest absolute Gasteiger partial charge is 0.385 e. The van der Waals surface area contributed by atoms with Crippen molar-refractivity contribution in [3.63, 3.8) is 0 Å². The van der Waals surface area contributed by atoms with Crippen molar-refractivity contribution in [2.45, 2.75) is 75.4 Å². The van der Waals surface area contributed by atoms with Gasteiger partial charge >= 0.3 is 0 Å². The van der Waals surface area contributed by atoms with Crippen LogP contribution in [0.15, 0.2) is 23.8 Å². The lowest BCUT2D eigenvalue weighted by atomic mass is 9.46. The second-order valence-electron chi connectivity index (χ2n) is 10.4. The Balaban J connectivity index is 1.64. The molecule has 0 aromatic rings. The number of ether oxygens (including phenoxy) is 1. The number of epoxide rings is 1. The SMILES string of the molecule is C[C@@H]1CC2C3C[C@H](F)C4=CC(=O)C=C[C@]4(C)[C@@]34O[C@H]4C[C@]2(C)[C@@]1(O)C(C)(O)S. The standard InChI is InChI=1S/C22H29FO4S/c1-11-7-13-14-9-16(23)15-8-12(24)5-6-18(15,2)21(14)17(27-21)10-19(13,3)22(11,26)20(4,25)28/h5-6,8,11,13-14,16-17,25-26,28H,7,9-10H2,1-4H3/t11-,13?,14?,16+,17+,18+,19+,20?,21-,22-/m1/s1. The van der Waals surface area contributed by atoms with Gasteiger partial charge in [0, 0.05) is 10.8 Å². The molecule has 3 saturated carbocycles. The first-order valence-electron chi connectivity index (χ1n) is 10.3. The molecule has 10 atom stereocenters. The maximum absolute atomic E-state index is 15.4. The molecule has 0 aromatic carbocycles. The van der Waals surface area contributed by atoms with E-state index >= 15 is 4.39 Å². The third-order valence-corrected chi connectivity index (χ3v) is 9.57. The van der Waals surface area contributed by atoms with Crippen molar-refractivity contribution in [2.24, 2.45) is 28.6 Å². The molecule has 3 unspecified atom stereocenters. The predicted molar refractivity (Wildman–Crippen MR) is 105 cm³/mol. The second-order valence-corrected chi connectivity index (χ2v) is 11.3. The zero-order valence-electron chi connectivity index (χ0n) is 16.8. The van der Waals surface area contributed by atoms with Gasteiger partial charge in [0.25, 0.3) is 0 Å². The highest BCUT2D eigenvalue weighted by molar-refractivity contribution is 7.81. The fourth-order valence-corrected chi connectivity index (χ4v) is 8.46. The summed E-state index contributed by atoms with van der Waals surface area (Å²) < 4.78 is 21.7. The van der Waals surface area contributed by atoms with Gasteiger partial charge in [0.15, 0.2) is 5.78 Å². The van der Waals surface area contributed by atoms with Crippen LogP contribution in [0.1, 0.15) is 47.0 Å². The second kappa shape index (κ2) is 5.13. The molecule has 1 aliphatic heterocycles. The smallest absolute Gasteiger partial charge is 0.178 e. The number of hydrogen-bond acceptors (Lipinski definition) is 5. The normalized spacial score (nSPS) is 58.8. The van der Waals surface area contributed by atoms with E-state index in [0.717, 1.165) is 0 Å². The molecule has 5 rings (SSSR count). The van der Waals surface area contributed by atoms with Crippen LogP contribution < -0.4 is 0 Å². The molecule has 6 heteroatoms. The monoisotopic (exact) mass is 408 g/mol. The van der Waals surface area contributed by atoms with E-state index in [-0.39, 0.29) is 36.1 Å². The summed E-state index contributed by atoms with van der Waals surface area (Å²) in [6, 6.07) is 0. The molecule has 5 aliphatic rings. The van der Waals surface area contributed by atoms with Crippen LogP contribution in [-0.4, -0.2) is 44.4 Å². The molecule has 1 spiro atoms. The average Bonchev–Trinajstić information content (AvgIpc) is 3.27. The number of alkyl halides is 1. The summed E-state index contributed by atoms with van der Waals surface area (Å²) in [5.41, 5.74) is -2.67. The van der Waals surface area contributed by atoms with Crippen molar-refractivity contribution in [1.82, 2.24) is 0 Å². The molecule has 0 amide bonds. The van der Waals surface area contributed by atoms with E-state index < -0.39 is 33.1 Å². The average molecular weight is 409 g/mol. The van der Waals surface area contributed by atoms with Gasteiger partial charge in [0.05, 0.1) is 6.10 Å². The van der Waals surface area contributed by atoms with E-state index in [4.69, 9.17) is 4.74 Å². The van der Waals surface area contributed by atoms with Gasteiger partial charge in [-0.05, 0) is 68.6 Å². The predicted octanol–water partition coefficient (Wildman–Crippen LogP) is 2.99. The highest BCUT2D eigenvalue weighted by atomic mass is 32.1. The number of aliphatic hydroxyl groups is 2. The van der Waals surface area contributed by atoms with Gasteiger partial charge in [-0.2, -0.15) is 0 Å². The maximum Gasteiger partial charge on any atom is 0.178 e. The van der Waals surface area contributed by atoms with Gasteiger partial charge in [0.2, 0.25) is 0 Å². The number of fused-ring (bicyclic) bond motifs is 3. The molecule has 4 fully saturated rings. The van der Waals surface area contributed by atoms with Crippen LogP contribution in [0.3, 0.4) is 0 Å². The minimum Gasteiger partial charge on any atom is -0.385 e. The molecular formula is C22H29FO4S. The summed E-state index contributed by atoms with van der Waals surface area (Å²) in [6.07, 6.45) is 5.05.